The molecule has 0 radical (unpaired) electrons. The maximum absolute atomic E-state index is 12.6. The molecule has 0 spiro atoms. The van der Waals surface area contributed by atoms with E-state index in [1.165, 1.54) is 10.9 Å². The van der Waals surface area contributed by atoms with E-state index in [9.17, 15) is 14.7 Å². The van der Waals surface area contributed by atoms with Crippen molar-refractivity contribution in [2.45, 2.75) is 44.2 Å². The number of fused-ring (bicyclic) bond motifs is 1. The summed E-state index contributed by atoms with van der Waals surface area (Å²) in [5.74, 6) is -0.886. The average molecular weight is 428 g/mol. The predicted molar refractivity (Wildman–Crippen MR) is 112 cm³/mol. The van der Waals surface area contributed by atoms with Gasteiger partial charge in [0.15, 0.2) is 11.4 Å². The zero-order valence-electron chi connectivity index (χ0n) is 16.4. The number of aromatic nitrogens is 4. The van der Waals surface area contributed by atoms with E-state index >= 15 is 0 Å². The molecule has 1 amide bonds. The van der Waals surface area contributed by atoms with Gasteiger partial charge in [0.25, 0.3) is 11.3 Å². The van der Waals surface area contributed by atoms with Gasteiger partial charge in [0.05, 0.1) is 23.3 Å². The van der Waals surface area contributed by atoms with Crippen LogP contribution in [0.3, 0.4) is 0 Å². The maximum Gasteiger partial charge on any atom is 0.278 e. The molecule has 1 aliphatic carbocycles. The lowest BCUT2D eigenvalue weighted by Crippen LogP contribution is -2.45. The van der Waals surface area contributed by atoms with Crippen molar-refractivity contribution < 1.29 is 9.90 Å². The quantitative estimate of drug-likeness (QED) is 0.691. The van der Waals surface area contributed by atoms with Crippen molar-refractivity contribution in [3.63, 3.8) is 0 Å². The van der Waals surface area contributed by atoms with E-state index in [0.717, 1.165) is 43.1 Å². The number of rotatable bonds is 4. The van der Waals surface area contributed by atoms with Gasteiger partial charge in [-0.1, -0.05) is 24.4 Å². The Morgan fingerprint density at radius 2 is 1.97 bits per heavy atom. The Bertz CT molecular complexity index is 1190. The molecule has 0 unspecified atom stereocenters. The molecule has 5 rings (SSSR count). The molecule has 156 valence electrons. The van der Waals surface area contributed by atoms with Crippen LogP contribution >= 0.6 is 11.6 Å². The van der Waals surface area contributed by atoms with Crippen molar-refractivity contribution >= 4 is 28.5 Å². The molecular formula is C21H22ClN5O3. The number of hydrogen-bond acceptors (Lipinski definition) is 5. The van der Waals surface area contributed by atoms with Gasteiger partial charge in [-0.25, -0.2) is 4.98 Å². The molecular weight excluding hydrogens is 406 g/mol. The lowest BCUT2D eigenvalue weighted by atomic mass is 9.97. The highest BCUT2D eigenvalue weighted by Crippen LogP contribution is 2.41. The second-order valence-corrected chi connectivity index (χ2v) is 8.60. The van der Waals surface area contributed by atoms with Crippen LogP contribution < -0.4 is 5.43 Å². The first-order chi connectivity index (χ1) is 14.5. The van der Waals surface area contributed by atoms with Crippen molar-refractivity contribution in [1.82, 2.24) is 24.2 Å². The molecule has 1 N–H and O–H groups in total. The van der Waals surface area contributed by atoms with Gasteiger partial charge in [0.1, 0.15) is 5.65 Å². The number of carbonyl (C=O) groups is 1. The molecule has 3 aromatic heterocycles. The number of halogens is 1. The summed E-state index contributed by atoms with van der Waals surface area (Å²) in [4.78, 5) is 31.1. The van der Waals surface area contributed by atoms with Crippen LogP contribution in [-0.2, 0) is 12.1 Å². The molecule has 1 saturated heterocycles. The largest absolute Gasteiger partial charge is 0.503 e. The van der Waals surface area contributed by atoms with Crippen molar-refractivity contribution in [1.29, 1.82) is 0 Å². The number of carbonyl (C=O) groups excluding carboxylic acids is 1. The SMILES string of the molecule is O=C(c1nn(CC2(n3cc(Cl)c4cccnc43)CCCC2)cc(O)c1=O)N1CCC1. The number of aromatic hydroxyl groups is 1. The van der Waals surface area contributed by atoms with E-state index < -0.39 is 17.1 Å². The summed E-state index contributed by atoms with van der Waals surface area (Å²) >= 11 is 6.48. The number of amides is 1. The molecule has 0 atom stereocenters. The molecule has 2 aliphatic rings. The number of nitrogens with zero attached hydrogens (tertiary/aromatic N) is 5. The Balaban J connectivity index is 1.58. The van der Waals surface area contributed by atoms with Gasteiger partial charge in [-0.3, -0.25) is 14.3 Å². The molecule has 30 heavy (non-hydrogen) atoms. The standard InChI is InChI=1S/C21H22ClN5O3/c22-15-11-27(19-14(15)5-3-8-23-19)21(6-1-2-7-21)13-26-12-16(28)18(29)17(24-26)20(30)25-9-4-10-25/h3,5,8,11-12,28H,1-2,4,6-7,9-10,13H2. The second-order valence-electron chi connectivity index (χ2n) is 8.19. The fraction of sp³-hybridized carbons (Fsp3) is 0.429. The number of hydrogen-bond donors (Lipinski definition) is 1. The Labute approximate surface area is 177 Å². The highest BCUT2D eigenvalue weighted by molar-refractivity contribution is 6.35. The molecule has 8 nitrogen and oxygen atoms in total. The van der Waals surface area contributed by atoms with E-state index in [-0.39, 0.29) is 11.2 Å². The molecule has 2 fully saturated rings. The second kappa shape index (κ2) is 7.12. The summed E-state index contributed by atoms with van der Waals surface area (Å²) in [5, 5.41) is 16.1. The Morgan fingerprint density at radius 3 is 2.67 bits per heavy atom. The van der Waals surface area contributed by atoms with Crippen LogP contribution in [0.5, 0.6) is 5.75 Å². The van der Waals surface area contributed by atoms with Crippen LogP contribution in [0.4, 0.5) is 0 Å². The summed E-state index contributed by atoms with van der Waals surface area (Å²) < 4.78 is 3.63. The van der Waals surface area contributed by atoms with Gasteiger partial charge < -0.3 is 14.6 Å². The first-order valence-corrected chi connectivity index (χ1v) is 10.6. The molecule has 1 saturated carbocycles. The molecule has 1 aliphatic heterocycles. The summed E-state index contributed by atoms with van der Waals surface area (Å²) in [7, 11) is 0. The molecule has 0 bridgehead atoms. The minimum atomic E-state index is -0.722. The first-order valence-electron chi connectivity index (χ1n) is 10.2. The Morgan fingerprint density at radius 1 is 1.20 bits per heavy atom. The third-order valence-corrected chi connectivity index (χ3v) is 6.61. The molecule has 3 aromatic rings. The smallest absolute Gasteiger partial charge is 0.278 e. The highest BCUT2D eigenvalue weighted by Gasteiger charge is 2.38. The first kappa shape index (κ1) is 19.1. The van der Waals surface area contributed by atoms with E-state index in [1.54, 1.807) is 11.1 Å². The van der Waals surface area contributed by atoms with Crippen LogP contribution in [0.1, 0.15) is 42.6 Å². The van der Waals surface area contributed by atoms with Crippen LogP contribution in [0, 0.1) is 0 Å². The van der Waals surface area contributed by atoms with Gasteiger partial charge in [0.2, 0.25) is 0 Å². The van der Waals surface area contributed by atoms with E-state index in [0.29, 0.717) is 24.7 Å². The van der Waals surface area contributed by atoms with Gasteiger partial charge in [-0.2, -0.15) is 5.10 Å². The predicted octanol–water partition coefficient (Wildman–Crippen LogP) is 2.77. The van der Waals surface area contributed by atoms with Crippen LogP contribution in [0.15, 0.2) is 35.5 Å². The van der Waals surface area contributed by atoms with E-state index in [1.807, 2.05) is 18.3 Å². The summed E-state index contributed by atoms with van der Waals surface area (Å²) in [6, 6.07) is 3.80. The molecule has 9 heteroatoms. The third-order valence-electron chi connectivity index (χ3n) is 6.31. The zero-order valence-corrected chi connectivity index (χ0v) is 17.2. The summed E-state index contributed by atoms with van der Waals surface area (Å²) in [6.45, 7) is 1.62. The normalized spacial score (nSPS) is 18.0. The summed E-state index contributed by atoms with van der Waals surface area (Å²) in [6.07, 6.45) is 9.71. The lowest BCUT2D eigenvalue weighted by molar-refractivity contribution is 0.0639. The number of likely N-dealkylation sites (tertiary alicyclic amines) is 1. The fourth-order valence-electron chi connectivity index (χ4n) is 4.60. The minimum absolute atomic E-state index is 0.226. The number of pyridine rings is 1. The fourth-order valence-corrected chi connectivity index (χ4v) is 4.85. The van der Waals surface area contributed by atoms with Crippen molar-refractivity contribution in [2.75, 3.05) is 13.1 Å². The third kappa shape index (κ3) is 2.98. The van der Waals surface area contributed by atoms with Crippen LogP contribution in [0.25, 0.3) is 11.0 Å². The van der Waals surface area contributed by atoms with E-state index in [4.69, 9.17) is 11.6 Å². The summed E-state index contributed by atoms with van der Waals surface area (Å²) in [5.41, 5.74) is -0.506. The topological polar surface area (TPSA) is 93.2 Å². The van der Waals surface area contributed by atoms with Gasteiger partial charge in [-0.15, -0.1) is 0 Å². The minimum Gasteiger partial charge on any atom is -0.503 e. The molecule has 0 aromatic carbocycles. The van der Waals surface area contributed by atoms with Crippen molar-refractivity contribution in [2.24, 2.45) is 0 Å². The Kier molecular flexibility index (Phi) is 4.54. The maximum atomic E-state index is 12.6. The van der Waals surface area contributed by atoms with Gasteiger partial charge in [0, 0.05) is 30.9 Å². The molecule has 4 heterocycles. The Hall–Kier alpha value is -2.87. The van der Waals surface area contributed by atoms with Crippen LogP contribution in [-0.4, -0.2) is 48.3 Å². The monoisotopic (exact) mass is 427 g/mol. The van der Waals surface area contributed by atoms with Gasteiger partial charge in [-0.05, 0) is 31.4 Å². The van der Waals surface area contributed by atoms with E-state index in [2.05, 4.69) is 14.6 Å². The average Bonchev–Trinajstić information content (AvgIpc) is 3.29. The van der Waals surface area contributed by atoms with Crippen molar-refractivity contribution in [3.8, 4) is 5.75 Å². The highest BCUT2D eigenvalue weighted by atomic mass is 35.5. The van der Waals surface area contributed by atoms with Crippen molar-refractivity contribution in [3.05, 3.63) is 51.7 Å². The van der Waals surface area contributed by atoms with Gasteiger partial charge >= 0.3 is 0 Å². The lowest BCUT2D eigenvalue weighted by Gasteiger charge is -2.33. The van der Waals surface area contributed by atoms with Crippen LogP contribution in [0.2, 0.25) is 5.02 Å². The zero-order chi connectivity index (χ0) is 20.9.